The van der Waals surface area contributed by atoms with Crippen LogP contribution in [-0.4, -0.2) is 17.8 Å². The van der Waals surface area contributed by atoms with Crippen molar-refractivity contribution in [3.05, 3.63) is 24.3 Å². The highest BCUT2D eigenvalue weighted by atomic mass is 35.5. The first kappa shape index (κ1) is 13.8. The van der Waals surface area contributed by atoms with Crippen LogP contribution in [0, 0.1) is 0 Å². The van der Waals surface area contributed by atoms with Crippen LogP contribution in [0.5, 0.6) is 5.75 Å². The second-order valence-corrected chi connectivity index (χ2v) is 4.03. The van der Waals surface area contributed by atoms with Crippen molar-refractivity contribution >= 4 is 23.1 Å². The lowest BCUT2D eigenvalue weighted by Crippen LogP contribution is -2.15. The summed E-state index contributed by atoms with van der Waals surface area (Å²) in [6.45, 7) is 4.21. The minimum Gasteiger partial charge on any atom is -0.488 e. The molecule has 1 aromatic rings. The Hall–Kier alpha value is -1.22. The van der Waals surface area contributed by atoms with Gasteiger partial charge >= 0.3 is 0 Å². The zero-order valence-corrected chi connectivity index (χ0v) is 11.1. The summed E-state index contributed by atoms with van der Waals surface area (Å²) in [5, 5.41) is 0. The van der Waals surface area contributed by atoms with Crippen molar-refractivity contribution in [1.82, 2.24) is 0 Å². The van der Waals surface area contributed by atoms with Crippen molar-refractivity contribution in [3.63, 3.8) is 0 Å². The van der Waals surface area contributed by atoms with E-state index >= 15 is 0 Å². The number of ether oxygens (including phenoxy) is 1. The quantitative estimate of drug-likeness (QED) is 0.480. The van der Waals surface area contributed by atoms with Crippen molar-refractivity contribution in [3.8, 4) is 5.75 Å². The fraction of sp³-hybridized carbons (Fsp3) is 0.462. The monoisotopic (exact) mass is 254 g/mol. The molecule has 0 heterocycles. The number of aliphatic imine (C=N–C) groups is 1. The van der Waals surface area contributed by atoms with Gasteiger partial charge in [-0.2, -0.15) is 0 Å². The molecule has 2 N–H and O–H groups in total. The SMILES string of the molecule is CCC(CC)Oc1ccccc1N=C(N)CCl. The molecule has 1 rings (SSSR count). The molecule has 94 valence electrons. The first-order valence-electron chi connectivity index (χ1n) is 5.85. The largest absolute Gasteiger partial charge is 0.488 e. The summed E-state index contributed by atoms with van der Waals surface area (Å²) in [6.07, 6.45) is 2.16. The van der Waals surface area contributed by atoms with Gasteiger partial charge in [0, 0.05) is 0 Å². The van der Waals surface area contributed by atoms with Gasteiger partial charge in [0.2, 0.25) is 0 Å². The topological polar surface area (TPSA) is 47.6 Å². The Morgan fingerprint density at radius 3 is 2.59 bits per heavy atom. The molecule has 3 nitrogen and oxygen atoms in total. The van der Waals surface area contributed by atoms with Gasteiger partial charge in [-0.15, -0.1) is 11.6 Å². The standard InChI is InChI=1S/C13H19ClN2O/c1-3-10(4-2)17-12-8-6-5-7-11(12)16-13(15)9-14/h5-8,10H,3-4,9H2,1-2H3,(H2,15,16). The van der Waals surface area contributed by atoms with E-state index in [2.05, 4.69) is 18.8 Å². The first-order chi connectivity index (χ1) is 8.21. The molecule has 0 unspecified atom stereocenters. The van der Waals surface area contributed by atoms with E-state index in [1.54, 1.807) is 0 Å². The second-order valence-electron chi connectivity index (χ2n) is 3.76. The fourth-order valence-electron chi connectivity index (χ4n) is 1.47. The molecular weight excluding hydrogens is 236 g/mol. The van der Waals surface area contributed by atoms with Crippen LogP contribution < -0.4 is 10.5 Å². The third-order valence-electron chi connectivity index (χ3n) is 2.47. The van der Waals surface area contributed by atoms with Gasteiger partial charge in [-0.05, 0) is 25.0 Å². The highest BCUT2D eigenvalue weighted by Gasteiger charge is 2.08. The van der Waals surface area contributed by atoms with E-state index in [1.807, 2.05) is 24.3 Å². The number of hydrogen-bond donors (Lipinski definition) is 1. The zero-order valence-electron chi connectivity index (χ0n) is 10.3. The molecule has 1 aromatic carbocycles. The van der Waals surface area contributed by atoms with Gasteiger partial charge in [0.05, 0.1) is 12.0 Å². The maximum Gasteiger partial charge on any atom is 0.145 e. The van der Waals surface area contributed by atoms with Gasteiger partial charge in [-0.1, -0.05) is 26.0 Å². The number of para-hydroxylation sites is 2. The van der Waals surface area contributed by atoms with E-state index in [1.165, 1.54) is 0 Å². The highest BCUT2D eigenvalue weighted by molar-refractivity contribution is 6.28. The lowest BCUT2D eigenvalue weighted by Gasteiger charge is -2.17. The molecule has 0 bridgehead atoms. The first-order valence-corrected chi connectivity index (χ1v) is 6.39. The van der Waals surface area contributed by atoms with Crippen molar-refractivity contribution in [1.29, 1.82) is 0 Å². The molecule has 0 aliphatic carbocycles. The molecule has 0 atom stereocenters. The Bertz CT molecular complexity index is 375. The number of halogens is 1. The lowest BCUT2D eigenvalue weighted by molar-refractivity contribution is 0.194. The van der Waals surface area contributed by atoms with Crippen LogP contribution >= 0.6 is 11.6 Å². The molecule has 0 fully saturated rings. The third-order valence-corrected chi connectivity index (χ3v) is 2.74. The number of alkyl halides is 1. The van der Waals surface area contributed by atoms with E-state index in [-0.39, 0.29) is 12.0 Å². The Morgan fingerprint density at radius 1 is 1.35 bits per heavy atom. The molecule has 0 radical (unpaired) electrons. The summed E-state index contributed by atoms with van der Waals surface area (Å²) in [7, 11) is 0. The second kappa shape index (κ2) is 7.17. The van der Waals surface area contributed by atoms with Crippen molar-refractivity contribution < 1.29 is 4.74 Å². The number of nitrogens with zero attached hydrogens (tertiary/aromatic N) is 1. The van der Waals surface area contributed by atoms with Crippen LogP contribution in [0.4, 0.5) is 5.69 Å². The molecule has 0 amide bonds. The zero-order chi connectivity index (χ0) is 12.7. The normalized spacial score (nSPS) is 11.9. The van der Waals surface area contributed by atoms with E-state index in [9.17, 15) is 0 Å². The van der Waals surface area contributed by atoms with Crippen LogP contribution in [0.25, 0.3) is 0 Å². The van der Waals surface area contributed by atoms with Gasteiger partial charge in [0.15, 0.2) is 0 Å². The van der Waals surface area contributed by atoms with Gasteiger partial charge in [-0.3, -0.25) is 0 Å². The predicted molar refractivity (Wildman–Crippen MR) is 73.4 cm³/mol. The Morgan fingerprint density at radius 2 is 2.00 bits per heavy atom. The van der Waals surface area contributed by atoms with E-state index in [0.29, 0.717) is 5.84 Å². The van der Waals surface area contributed by atoms with Crippen LogP contribution in [-0.2, 0) is 0 Å². The molecule has 17 heavy (non-hydrogen) atoms. The highest BCUT2D eigenvalue weighted by Crippen LogP contribution is 2.28. The third kappa shape index (κ3) is 4.27. The summed E-state index contributed by atoms with van der Waals surface area (Å²) >= 11 is 5.62. The molecule has 0 saturated heterocycles. The van der Waals surface area contributed by atoms with E-state index in [0.717, 1.165) is 24.3 Å². The average Bonchev–Trinajstić information content (AvgIpc) is 2.37. The summed E-state index contributed by atoms with van der Waals surface area (Å²) < 4.78 is 5.88. The molecule has 0 aromatic heterocycles. The van der Waals surface area contributed by atoms with Crippen molar-refractivity contribution in [2.24, 2.45) is 10.7 Å². The average molecular weight is 255 g/mol. The Kier molecular flexibility index (Phi) is 5.84. The van der Waals surface area contributed by atoms with Gasteiger partial charge in [0.25, 0.3) is 0 Å². The number of nitrogens with two attached hydrogens (primary N) is 1. The minimum absolute atomic E-state index is 0.212. The summed E-state index contributed by atoms with van der Waals surface area (Å²) in [5.41, 5.74) is 6.37. The predicted octanol–water partition coefficient (Wildman–Crippen LogP) is 3.48. The molecule has 0 aliphatic heterocycles. The molecule has 0 aliphatic rings. The molecule has 0 saturated carbocycles. The van der Waals surface area contributed by atoms with Crippen LogP contribution in [0.15, 0.2) is 29.3 Å². The Balaban J connectivity index is 2.91. The summed E-state index contributed by atoms with van der Waals surface area (Å²) in [6, 6.07) is 7.60. The van der Waals surface area contributed by atoms with E-state index in [4.69, 9.17) is 22.1 Å². The maximum atomic E-state index is 5.88. The number of amidine groups is 1. The van der Waals surface area contributed by atoms with E-state index < -0.39 is 0 Å². The lowest BCUT2D eigenvalue weighted by atomic mass is 10.2. The van der Waals surface area contributed by atoms with Crippen LogP contribution in [0.3, 0.4) is 0 Å². The number of rotatable bonds is 6. The number of benzene rings is 1. The van der Waals surface area contributed by atoms with Crippen LogP contribution in [0.2, 0.25) is 0 Å². The van der Waals surface area contributed by atoms with Crippen LogP contribution in [0.1, 0.15) is 26.7 Å². The van der Waals surface area contributed by atoms with Gasteiger partial charge < -0.3 is 10.5 Å². The minimum atomic E-state index is 0.212. The fourth-order valence-corrected chi connectivity index (χ4v) is 1.53. The summed E-state index contributed by atoms with van der Waals surface area (Å²) in [5.74, 6) is 1.38. The molecular formula is C13H19ClN2O. The molecule has 0 spiro atoms. The molecule has 4 heteroatoms. The maximum absolute atomic E-state index is 5.88. The summed E-state index contributed by atoms with van der Waals surface area (Å²) in [4.78, 5) is 4.24. The van der Waals surface area contributed by atoms with Gasteiger partial charge in [0.1, 0.15) is 17.3 Å². The van der Waals surface area contributed by atoms with Crippen molar-refractivity contribution in [2.45, 2.75) is 32.8 Å². The van der Waals surface area contributed by atoms with Gasteiger partial charge in [-0.25, -0.2) is 4.99 Å². The Labute approximate surface area is 108 Å². The van der Waals surface area contributed by atoms with Crippen molar-refractivity contribution in [2.75, 3.05) is 5.88 Å². The smallest absolute Gasteiger partial charge is 0.145 e. The number of hydrogen-bond acceptors (Lipinski definition) is 2.